The summed E-state index contributed by atoms with van der Waals surface area (Å²) in [5.41, 5.74) is 10.5. The molecule has 14 heavy (non-hydrogen) atoms. The van der Waals surface area contributed by atoms with Gasteiger partial charge in [-0.1, -0.05) is 17.7 Å². The Hall–Kier alpha value is -1.50. The maximum atomic E-state index is 5.83. The lowest BCUT2D eigenvalue weighted by Crippen LogP contribution is -1.90. The molecule has 2 rings (SSSR count). The van der Waals surface area contributed by atoms with Gasteiger partial charge in [-0.15, -0.1) is 0 Å². The Morgan fingerprint density at radius 2 is 1.36 bits per heavy atom. The number of rotatable bonds is 0. The van der Waals surface area contributed by atoms with Crippen LogP contribution in [-0.2, 0) is 0 Å². The molecule has 0 saturated heterocycles. The van der Waals surface area contributed by atoms with Crippen LogP contribution >= 0.6 is 0 Å². The van der Waals surface area contributed by atoms with Crippen molar-refractivity contribution in [1.29, 1.82) is 0 Å². The SMILES string of the molecule is Cc1cc(C)c2cc(N)cc(C)c2c1. The molecule has 72 valence electrons. The van der Waals surface area contributed by atoms with E-state index in [1.807, 2.05) is 6.07 Å². The lowest BCUT2D eigenvalue weighted by atomic mass is 9.98. The summed E-state index contributed by atoms with van der Waals surface area (Å²) in [6.45, 7) is 6.37. The quantitative estimate of drug-likeness (QED) is 0.626. The highest BCUT2D eigenvalue weighted by molar-refractivity contribution is 5.91. The fourth-order valence-electron chi connectivity index (χ4n) is 2.03. The Morgan fingerprint density at radius 3 is 2.07 bits per heavy atom. The smallest absolute Gasteiger partial charge is 0.0323 e. The molecule has 1 nitrogen and oxygen atoms in total. The Labute approximate surface area is 84.5 Å². The molecule has 2 aromatic carbocycles. The third-order valence-electron chi connectivity index (χ3n) is 2.65. The van der Waals surface area contributed by atoms with Gasteiger partial charge in [0.2, 0.25) is 0 Å². The summed E-state index contributed by atoms with van der Waals surface area (Å²) in [6.07, 6.45) is 0. The second-order valence-electron chi connectivity index (χ2n) is 4.01. The number of hydrogen-bond acceptors (Lipinski definition) is 1. The largest absolute Gasteiger partial charge is 0.399 e. The van der Waals surface area contributed by atoms with Crippen LogP contribution in [0.2, 0.25) is 0 Å². The van der Waals surface area contributed by atoms with E-state index in [0.29, 0.717) is 0 Å². The van der Waals surface area contributed by atoms with Crippen LogP contribution in [0.5, 0.6) is 0 Å². The monoisotopic (exact) mass is 185 g/mol. The predicted molar refractivity (Wildman–Crippen MR) is 62.6 cm³/mol. The average Bonchev–Trinajstić information content (AvgIpc) is 2.07. The first-order valence-corrected chi connectivity index (χ1v) is 4.85. The Morgan fingerprint density at radius 1 is 0.786 bits per heavy atom. The van der Waals surface area contributed by atoms with E-state index in [1.165, 1.54) is 27.5 Å². The fraction of sp³-hybridized carbons (Fsp3) is 0.231. The van der Waals surface area contributed by atoms with Crippen molar-refractivity contribution >= 4 is 16.5 Å². The highest BCUT2D eigenvalue weighted by Crippen LogP contribution is 2.26. The zero-order valence-electron chi connectivity index (χ0n) is 8.89. The predicted octanol–water partition coefficient (Wildman–Crippen LogP) is 3.35. The molecule has 2 aromatic rings. The van der Waals surface area contributed by atoms with E-state index in [0.717, 1.165) is 5.69 Å². The highest BCUT2D eigenvalue weighted by atomic mass is 14.5. The summed E-state index contributed by atoms with van der Waals surface area (Å²) in [6, 6.07) is 8.50. The highest BCUT2D eigenvalue weighted by Gasteiger charge is 2.02. The van der Waals surface area contributed by atoms with E-state index in [9.17, 15) is 0 Å². The molecule has 0 unspecified atom stereocenters. The molecule has 0 amide bonds. The minimum absolute atomic E-state index is 0.849. The molecular formula is C13H15N. The van der Waals surface area contributed by atoms with Crippen LogP contribution in [0.4, 0.5) is 5.69 Å². The van der Waals surface area contributed by atoms with E-state index in [1.54, 1.807) is 0 Å². The van der Waals surface area contributed by atoms with Gasteiger partial charge in [-0.05, 0) is 54.8 Å². The van der Waals surface area contributed by atoms with Crippen LogP contribution in [0.15, 0.2) is 24.3 Å². The number of nitrogens with two attached hydrogens (primary N) is 1. The zero-order chi connectivity index (χ0) is 10.3. The van der Waals surface area contributed by atoms with Gasteiger partial charge in [0.25, 0.3) is 0 Å². The lowest BCUT2D eigenvalue weighted by molar-refractivity contribution is 1.41. The van der Waals surface area contributed by atoms with E-state index in [2.05, 4.69) is 39.0 Å². The van der Waals surface area contributed by atoms with E-state index < -0.39 is 0 Å². The first kappa shape index (κ1) is 9.07. The number of hydrogen-bond donors (Lipinski definition) is 1. The van der Waals surface area contributed by atoms with E-state index in [-0.39, 0.29) is 0 Å². The summed E-state index contributed by atoms with van der Waals surface area (Å²) >= 11 is 0. The van der Waals surface area contributed by atoms with Crippen molar-refractivity contribution in [1.82, 2.24) is 0 Å². The van der Waals surface area contributed by atoms with Crippen molar-refractivity contribution in [2.45, 2.75) is 20.8 Å². The van der Waals surface area contributed by atoms with Crippen molar-refractivity contribution in [3.05, 3.63) is 41.0 Å². The molecule has 0 heterocycles. The summed E-state index contributed by atoms with van der Waals surface area (Å²) in [4.78, 5) is 0. The van der Waals surface area contributed by atoms with Crippen molar-refractivity contribution in [2.24, 2.45) is 0 Å². The van der Waals surface area contributed by atoms with Gasteiger partial charge in [-0.3, -0.25) is 0 Å². The van der Waals surface area contributed by atoms with Gasteiger partial charge in [0.05, 0.1) is 0 Å². The van der Waals surface area contributed by atoms with Crippen molar-refractivity contribution in [2.75, 3.05) is 5.73 Å². The van der Waals surface area contributed by atoms with Crippen molar-refractivity contribution < 1.29 is 0 Å². The van der Waals surface area contributed by atoms with Crippen LogP contribution in [0.1, 0.15) is 16.7 Å². The Bertz CT molecular complexity index is 451. The number of aryl methyl sites for hydroxylation is 3. The third-order valence-corrected chi connectivity index (χ3v) is 2.65. The third kappa shape index (κ3) is 1.35. The molecule has 0 aromatic heterocycles. The molecule has 1 heteroatoms. The molecule has 0 aliphatic carbocycles. The average molecular weight is 185 g/mol. The minimum atomic E-state index is 0.849. The van der Waals surface area contributed by atoms with Gasteiger partial charge in [0.15, 0.2) is 0 Å². The van der Waals surface area contributed by atoms with Crippen LogP contribution < -0.4 is 5.73 Å². The molecule has 0 aliphatic heterocycles. The number of anilines is 1. The lowest BCUT2D eigenvalue weighted by Gasteiger charge is -2.08. The van der Waals surface area contributed by atoms with Gasteiger partial charge >= 0.3 is 0 Å². The molecule has 0 aliphatic rings. The maximum Gasteiger partial charge on any atom is 0.0323 e. The molecule has 0 radical (unpaired) electrons. The summed E-state index contributed by atoms with van der Waals surface area (Å²) in [5.74, 6) is 0. The molecule has 2 N–H and O–H groups in total. The molecular weight excluding hydrogens is 170 g/mol. The molecule has 0 spiro atoms. The van der Waals surface area contributed by atoms with E-state index >= 15 is 0 Å². The van der Waals surface area contributed by atoms with Crippen LogP contribution in [0, 0.1) is 20.8 Å². The summed E-state index contributed by atoms with van der Waals surface area (Å²) < 4.78 is 0. The zero-order valence-corrected chi connectivity index (χ0v) is 8.89. The molecule has 0 fully saturated rings. The van der Waals surface area contributed by atoms with Gasteiger partial charge in [0, 0.05) is 5.69 Å². The van der Waals surface area contributed by atoms with Crippen molar-refractivity contribution in [3.63, 3.8) is 0 Å². The van der Waals surface area contributed by atoms with Crippen LogP contribution in [0.25, 0.3) is 10.8 Å². The fourth-order valence-corrected chi connectivity index (χ4v) is 2.03. The summed E-state index contributed by atoms with van der Waals surface area (Å²) in [5, 5.41) is 2.59. The standard InChI is InChI=1S/C13H15N/c1-8-4-9(2)13-7-11(14)6-10(3)12(13)5-8/h4-7H,14H2,1-3H3. The second kappa shape index (κ2) is 3.02. The van der Waals surface area contributed by atoms with Crippen molar-refractivity contribution in [3.8, 4) is 0 Å². The van der Waals surface area contributed by atoms with Gasteiger partial charge in [-0.25, -0.2) is 0 Å². The number of nitrogen functional groups attached to an aromatic ring is 1. The topological polar surface area (TPSA) is 26.0 Å². The van der Waals surface area contributed by atoms with Crippen LogP contribution in [0.3, 0.4) is 0 Å². The Balaban J connectivity index is 2.94. The normalized spacial score (nSPS) is 10.8. The Kier molecular flexibility index (Phi) is 1.95. The first-order valence-electron chi connectivity index (χ1n) is 4.85. The van der Waals surface area contributed by atoms with Gasteiger partial charge in [-0.2, -0.15) is 0 Å². The van der Waals surface area contributed by atoms with E-state index in [4.69, 9.17) is 5.73 Å². The minimum Gasteiger partial charge on any atom is -0.399 e. The number of benzene rings is 2. The molecule has 0 bridgehead atoms. The molecule has 0 atom stereocenters. The number of fused-ring (bicyclic) bond motifs is 1. The first-order chi connectivity index (χ1) is 6.58. The maximum absolute atomic E-state index is 5.83. The second-order valence-corrected chi connectivity index (χ2v) is 4.01. The van der Waals surface area contributed by atoms with Crippen LogP contribution in [-0.4, -0.2) is 0 Å². The van der Waals surface area contributed by atoms with Gasteiger partial charge in [0.1, 0.15) is 0 Å². The molecule has 0 saturated carbocycles. The van der Waals surface area contributed by atoms with Gasteiger partial charge < -0.3 is 5.73 Å². The summed E-state index contributed by atoms with van der Waals surface area (Å²) in [7, 11) is 0.